The molecule has 4 rings (SSSR count). The quantitative estimate of drug-likeness (QED) is 0.291. The van der Waals surface area contributed by atoms with Crippen LogP contribution >= 0.6 is 0 Å². The van der Waals surface area contributed by atoms with E-state index in [1.54, 1.807) is 19.1 Å². The van der Waals surface area contributed by atoms with E-state index in [1.165, 1.54) is 24.3 Å². The number of carboxylic acid groups (broad SMARTS) is 1. The molecule has 0 saturated heterocycles. The Kier molecular flexibility index (Phi) is 5.62. The Labute approximate surface area is 192 Å². The van der Waals surface area contributed by atoms with Gasteiger partial charge in [0.2, 0.25) is 0 Å². The standard InChI is InChI=1S/C27H25NO5/c1-16-22(15-23-21(24(16)28(32)33)9-6-14-27(23,2)3)19-7-4-5-8-20(19)25(29)17-10-12-18(13-11-17)26(30)31/h4-5,7-8,10-13,15H,6,9,14H2,1-3H3,(H,30,31). The predicted octanol–water partition coefficient (Wildman–Crippen LogP) is 6.11. The fraction of sp³-hybridized carbons (Fsp3) is 0.259. The van der Waals surface area contributed by atoms with Gasteiger partial charge in [-0.1, -0.05) is 50.2 Å². The van der Waals surface area contributed by atoms with Crippen molar-refractivity contribution >= 4 is 17.4 Å². The summed E-state index contributed by atoms with van der Waals surface area (Å²) in [7, 11) is 0. The van der Waals surface area contributed by atoms with Gasteiger partial charge in [0, 0.05) is 22.3 Å². The third-order valence-corrected chi connectivity index (χ3v) is 6.66. The molecule has 1 N–H and O–H groups in total. The van der Waals surface area contributed by atoms with E-state index in [2.05, 4.69) is 13.8 Å². The van der Waals surface area contributed by atoms with Crippen molar-refractivity contribution in [3.63, 3.8) is 0 Å². The first-order valence-corrected chi connectivity index (χ1v) is 10.9. The van der Waals surface area contributed by atoms with Crippen molar-refractivity contribution in [2.75, 3.05) is 0 Å². The lowest BCUT2D eigenvalue weighted by atomic mass is 9.70. The van der Waals surface area contributed by atoms with Crippen LogP contribution in [0.4, 0.5) is 5.69 Å². The molecule has 6 nitrogen and oxygen atoms in total. The number of fused-ring (bicyclic) bond motifs is 1. The molecule has 168 valence electrons. The second-order valence-corrected chi connectivity index (χ2v) is 9.18. The monoisotopic (exact) mass is 443 g/mol. The average molecular weight is 443 g/mol. The summed E-state index contributed by atoms with van der Waals surface area (Å²) in [4.78, 5) is 36.3. The highest BCUT2D eigenvalue weighted by Gasteiger charge is 2.35. The van der Waals surface area contributed by atoms with Crippen LogP contribution in [0.3, 0.4) is 0 Å². The molecule has 0 fully saturated rings. The lowest BCUT2D eigenvalue weighted by Gasteiger charge is -2.33. The molecule has 0 atom stereocenters. The minimum Gasteiger partial charge on any atom is -0.478 e. The van der Waals surface area contributed by atoms with Crippen LogP contribution in [0.2, 0.25) is 0 Å². The van der Waals surface area contributed by atoms with E-state index < -0.39 is 5.97 Å². The summed E-state index contributed by atoms with van der Waals surface area (Å²) in [6.45, 7) is 5.96. The highest BCUT2D eigenvalue weighted by atomic mass is 16.6. The molecule has 0 aromatic heterocycles. The van der Waals surface area contributed by atoms with Crippen molar-refractivity contribution in [2.45, 2.75) is 45.4 Å². The molecule has 0 heterocycles. The molecular formula is C27H25NO5. The second kappa shape index (κ2) is 8.28. The topological polar surface area (TPSA) is 97.5 Å². The lowest BCUT2D eigenvalue weighted by Crippen LogP contribution is -2.25. The summed E-state index contributed by atoms with van der Waals surface area (Å²) in [6, 6.07) is 14.9. The SMILES string of the molecule is Cc1c(-c2ccccc2C(=O)c2ccc(C(=O)O)cc2)cc2c(c1[N+](=O)[O-])CCCC2(C)C. The number of carbonyl (C=O) groups is 2. The summed E-state index contributed by atoms with van der Waals surface area (Å²) in [5.41, 5.74) is 4.46. The van der Waals surface area contributed by atoms with E-state index in [-0.39, 0.29) is 27.4 Å². The molecule has 0 bridgehead atoms. The summed E-state index contributed by atoms with van der Waals surface area (Å²) in [6.07, 6.45) is 2.52. The number of nitrogens with zero attached hydrogens (tertiary/aromatic N) is 1. The zero-order valence-electron chi connectivity index (χ0n) is 18.8. The summed E-state index contributed by atoms with van der Waals surface area (Å²) >= 11 is 0. The number of nitro groups is 1. The fourth-order valence-corrected chi connectivity index (χ4v) is 4.88. The van der Waals surface area contributed by atoms with Gasteiger partial charge in [0.15, 0.2) is 5.78 Å². The van der Waals surface area contributed by atoms with Crippen LogP contribution in [0.1, 0.15) is 69.7 Å². The molecule has 0 unspecified atom stereocenters. The van der Waals surface area contributed by atoms with Crippen LogP contribution in [-0.4, -0.2) is 21.8 Å². The van der Waals surface area contributed by atoms with E-state index in [4.69, 9.17) is 5.11 Å². The van der Waals surface area contributed by atoms with Crippen LogP contribution in [0, 0.1) is 17.0 Å². The van der Waals surface area contributed by atoms with Crippen molar-refractivity contribution in [3.05, 3.63) is 98.1 Å². The number of aromatic carboxylic acids is 1. The molecular weight excluding hydrogens is 418 g/mol. The van der Waals surface area contributed by atoms with Gasteiger partial charge in [-0.15, -0.1) is 0 Å². The zero-order chi connectivity index (χ0) is 23.9. The number of carboxylic acids is 1. The van der Waals surface area contributed by atoms with Gasteiger partial charge in [0.1, 0.15) is 0 Å². The summed E-state index contributed by atoms with van der Waals surface area (Å²) in [5.74, 6) is -1.32. The Balaban J connectivity index is 1.91. The number of hydrogen-bond acceptors (Lipinski definition) is 4. The van der Waals surface area contributed by atoms with Gasteiger partial charge in [-0.25, -0.2) is 4.79 Å². The van der Waals surface area contributed by atoms with Crippen molar-refractivity contribution in [1.29, 1.82) is 0 Å². The Hall–Kier alpha value is -3.80. The first-order valence-electron chi connectivity index (χ1n) is 10.9. The number of nitro benzene ring substituents is 1. The molecule has 0 radical (unpaired) electrons. The van der Waals surface area contributed by atoms with Crippen LogP contribution in [-0.2, 0) is 11.8 Å². The normalized spacial score (nSPS) is 14.4. The molecule has 3 aromatic rings. The van der Waals surface area contributed by atoms with Gasteiger partial charge in [0.25, 0.3) is 5.69 Å². The molecule has 3 aromatic carbocycles. The van der Waals surface area contributed by atoms with E-state index in [9.17, 15) is 19.7 Å². The fourth-order valence-electron chi connectivity index (χ4n) is 4.88. The van der Waals surface area contributed by atoms with Gasteiger partial charge in [-0.2, -0.15) is 0 Å². The van der Waals surface area contributed by atoms with Crippen LogP contribution in [0.5, 0.6) is 0 Å². The average Bonchev–Trinajstić information content (AvgIpc) is 2.78. The summed E-state index contributed by atoms with van der Waals surface area (Å²) in [5, 5.41) is 21.2. The summed E-state index contributed by atoms with van der Waals surface area (Å²) < 4.78 is 0. The van der Waals surface area contributed by atoms with E-state index in [0.717, 1.165) is 24.0 Å². The van der Waals surface area contributed by atoms with Crippen molar-refractivity contribution in [3.8, 4) is 11.1 Å². The van der Waals surface area contributed by atoms with E-state index in [0.29, 0.717) is 34.2 Å². The van der Waals surface area contributed by atoms with Gasteiger partial charge in [0.05, 0.1) is 10.5 Å². The van der Waals surface area contributed by atoms with Crippen LogP contribution in [0.15, 0.2) is 54.6 Å². The largest absolute Gasteiger partial charge is 0.478 e. The van der Waals surface area contributed by atoms with Crippen LogP contribution < -0.4 is 0 Å². The number of rotatable bonds is 5. The van der Waals surface area contributed by atoms with E-state index >= 15 is 0 Å². The number of benzene rings is 3. The third kappa shape index (κ3) is 3.93. The highest BCUT2D eigenvalue weighted by Crippen LogP contribution is 2.45. The van der Waals surface area contributed by atoms with Gasteiger partial charge < -0.3 is 5.11 Å². The molecule has 1 aliphatic rings. The van der Waals surface area contributed by atoms with Crippen molar-refractivity contribution < 1.29 is 19.6 Å². The number of ketones is 1. The minimum absolute atomic E-state index is 0.100. The Morgan fingerprint density at radius 3 is 2.27 bits per heavy atom. The Morgan fingerprint density at radius 2 is 1.64 bits per heavy atom. The van der Waals surface area contributed by atoms with Crippen molar-refractivity contribution in [1.82, 2.24) is 0 Å². The number of carbonyl (C=O) groups excluding carboxylic acids is 1. The van der Waals surface area contributed by atoms with Gasteiger partial charge in [-0.05, 0) is 66.5 Å². The first-order chi connectivity index (χ1) is 15.6. The highest BCUT2D eigenvalue weighted by molar-refractivity contribution is 6.13. The van der Waals surface area contributed by atoms with Crippen LogP contribution in [0.25, 0.3) is 11.1 Å². The lowest BCUT2D eigenvalue weighted by molar-refractivity contribution is -0.386. The van der Waals surface area contributed by atoms with Gasteiger partial charge in [-0.3, -0.25) is 14.9 Å². The molecule has 0 aliphatic heterocycles. The van der Waals surface area contributed by atoms with E-state index in [1.807, 2.05) is 18.2 Å². The smallest absolute Gasteiger partial charge is 0.335 e. The predicted molar refractivity (Wildman–Crippen MR) is 126 cm³/mol. The first kappa shape index (κ1) is 22.4. The number of hydrogen-bond donors (Lipinski definition) is 1. The van der Waals surface area contributed by atoms with Gasteiger partial charge >= 0.3 is 5.97 Å². The molecule has 33 heavy (non-hydrogen) atoms. The molecule has 0 amide bonds. The zero-order valence-corrected chi connectivity index (χ0v) is 18.8. The second-order valence-electron chi connectivity index (χ2n) is 9.18. The Bertz CT molecular complexity index is 1290. The van der Waals surface area contributed by atoms with Crippen molar-refractivity contribution in [2.24, 2.45) is 0 Å². The molecule has 6 heteroatoms. The Morgan fingerprint density at radius 1 is 1.00 bits per heavy atom. The third-order valence-electron chi connectivity index (χ3n) is 6.66. The maximum atomic E-state index is 13.4. The maximum absolute atomic E-state index is 13.4. The maximum Gasteiger partial charge on any atom is 0.335 e. The molecule has 1 aliphatic carbocycles. The molecule has 0 saturated carbocycles. The minimum atomic E-state index is -1.06. The molecule has 0 spiro atoms.